The minimum absolute atomic E-state index is 0.442. The highest BCUT2D eigenvalue weighted by Crippen LogP contribution is 2.21. The van der Waals surface area contributed by atoms with Gasteiger partial charge in [0.1, 0.15) is 11.6 Å². The van der Waals surface area contributed by atoms with Crippen molar-refractivity contribution >= 4 is 15.9 Å². The summed E-state index contributed by atoms with van der Waals surface area (Å²) in [5.41, 5.74) is 0.580. The van der Waals surface area contributed by atoms with Gasteiger partial charge in [-0.3, -0.25) is 4.90 Å². The van der Waals surface area contributed by atoms with Crippen molar-refractivity contribution in [2.24, 2.45) is 5.92 Å². The fourth-order valence-corrected chi connectivity index (χ4v) is 2.60. The molecule has 0 radical (unpaired) electrons. The molecule has 1 aliphatic rings. The van der Waals surface area contributed by atoms with E-state index < -0.39 is 11.6 Å². The van der Waals surface area contributed by atoms with Crippen LogP contribution in [0.25, 0.3) is 0 Å². The Morgan fingerprint density at radius 2 is 2.19 bits per heavy atom. The minimum atomic E-state index is -0.513. The Kier molecular flexibility index (Phi) is 3.92. The summed E-state index contributed by atoms with van der Waals surface area (Å²) in [5, 5.41) is 0.995. The third-order valence-electron chi connectivity index (χ3n) is 3.00. The lowest BCUT2D eigenvalue weighted by molar-refractivity contribution is 0.315. The van der Waals surface area contributed by atoms with Crippen LogP contribution in [-0.2, 0) is 6.54 Å². The van der Waals surface area contributed by atoms with E-state index in [1.165, 1.54) is 12.1 Å². The van der Waals surface area contributed by atoms with Crippen LogP contribution >= 0.6 is 15.9 Å². The Bertz CT molecular complexity index is 370. The molecular formula is C12H14BrF2N. The van der Waals surface area contributed by atoms with Crippen molar-refractivity contribution in [2.75, 3.05) is 18.4 Å². The Morgan fingerprint density at radius 3 is 2.81 bits per heavy atom. The maximum absolute atomic E-state index is 13.4. The summed E-state index contributed by atoms with van der Waals surface area (Å²) in [7, 11) is 0. The summed E-state index contributed by atoms with van der Waals surface area (Å²) in [6.45, 7) is 2.56. The van der Waals surface area contributed by atoms with E-state index >= 15 is 0 Å². The van der Waals surface area contributed by atoms with Gasteiger partial charge in [0.2, 0.25) is 0 Å². The minimum Gasteiger partial charge on any atom is -0.299 e. The Balaban J connectivity index is 1.99. The molecule has 16 heavy (non-hydrogen) atoms. The highest BCUT2D eigenvalue weighted by atomic mass is 79.9. The topological polar surface area (TPSA) is 3.24 Å². The highest BCUT2D eigenvalue weighted by molar-refractivity contribution is 9.09. The molecule has 2 rings (SSSR count). The second-order valence-electron chi connectivity index (χ2n) is 4.28. The van der Waals surface area contributed by atoms with Crippen molar-refractivity contribution < 1.29 is 8.78 Å². The van der Waals surface area contributed by atoms with Crippen LogP contribution in [0.15, 0.2) is 18.2 Å². The molecule has 1 aliphatic heterocycles. The van der Waals surface area contributed by atoms with Crippen LogP contribution in [0.1, 0.15) is 12.0 Å². The smallest absolute Gasteiger partial charge is 0.130 e. The largest absolute Gasteiger partial charge is 0.299 e. The summed E-state index contributed by atoms with van der Waals surface area (Å²) in [4.78, 5) is 2.21. The predicted molar refractivity (Wildman–Crippen MR) is 63.5 cm³/mol. The van der Waals surface area contributed by atoms with Crippen molar-refractivity contribution in [1.29, 1.82) is 0 Å². The Hall–Kier alpha value is -0.480. The van der Waals surface area contributed by atoms with Gasteiger partial charge in [-0.25, -0.2) is 8.78 Å². The number of likely N-dealkylation sites (tertiary alicyclic amines) is 1. The third-order valence-corrected chi connectivity index (χ3v) is 3.91. The zero-order chi connectivity index (χ0) is 11.5. The molecule has 0 amide bonds. The van der Waals surface area contributed by atoms with Gasteiger partial charge >= 0.3 is 0 Å². The predicted octanol–water partition coefficient (Wildman–Crippen LogP) is 3.18. The molecule has 1 heterocycles. The first-order chi connectivity index (χ1) is 7.69. The van der Waals surface area contributed by atoms with E-state index in [1.54, 1.807) is 0 Å². The summed E-state index contributed by atoms with van der Waals surface area (Å²) in [5.74, 6) is -0.299. The molecular weight excluding hydrogens is 276 g/mol. The van der Waals surface area contributed by atoms with Gasteiger partial charge in [-0.2, -0.15) is 0 Å². The second-order valence-corrected chi connectivity index (χ2v) is 4.93. The molecule has 0 saturated carbocycles. The maximum atomic E-state index is 13.4. The molecule has 4 heteroatoms. The zero-order valence-electron chi connectivity index (χ0n) is 8.93. The summed E-state index contributed by atoms with van der Waals surface area (Å²) in [6.07, 6.45) is 1.15. The molecule has 88 valence electrons. The van der Waals surface area contributed by atoms with E-state index in [2.05, 4.69) is 20.8 Å². The van der Waals surface area contributed by atoms with Crippen LogP contribution in [0.2, 0.25) is 0 Å². The first-order valence-electron chi connectivity index (χ1n) is 5.41. The molecule has 0 N–H and O–H groups in total. The zero-order valence-corrected chi connectivity index (χ0v) is 10.5. The van der Waals surface area contributed by atoms with Crippen molar-refractivity contribution in [3.63, 3.8) is 0 Å². The lowest BCUT2D eigenvalue weighted by Gasteiger charge is -2.15. The number of rotatable bonds is 3. The fraction of sp³-hybridized carbons (Fsp3) is 0.500. The van der Waals surface area contributed by atoms with Crippen LogP contribution in [0.5, 0.6) is 0 Å². The lowest BCUT2D eigenvalue weighted by Crippen LogP contribution is -2.21. The monoisotopic (exact) mass is 289 g/mol. The molecule has 0 aliphatic carbocycles. The van der Waals surface area contributed by atoms with E-state index in [4.69, 9.17) is 0 Å². The van der Waals surface area contributed by atoms with Crippen LogP contribution < -0.4 is 0 Å². The van der Waals surface area contributed by atoms with E-state index in [-0.39, 0.29) is 0 Å². The number of nitrogens with zero attached hydrogens (tertiary/aromatic N) is 1. The Morgan fingerprint density at radius 1 is 1.38 bits per heavy atom. The van der Waals surface area contributed by atoms with Crippen molar-refractivity contribution in [3.8, 4) is 0 Å². The van der Waals surface area contributed by atoms with Crippen LogP contribution in [0.4, 0.5) is 8.78 Å². The second kappa shape index (κ2) is 5.23. The molecule has 1 atom stereocenters. The summed E-state index contributed by atoms with van der Waals surface area (Å²) >= 11 is 3.46. The molecule has 1 nitrogen and oxygen atoms in total. The van der Waals surface area contributed by atoms with E-state index in [0.29, 0.717) is 18.0 Å². The number of halogens is 3. The summed E-state index contributed by atoms with van der Waals surface area (Å²) in [6, 6.07) is 3.80. The van der Waals surface area contributed by atoms with E-state index in [0.717, 1.165) is 30.9 Å². The normalized spacial score (nSPS) is 21.6. The van der Waals surface area contributed by atoms with E-state index in [1.807, 2.05) is 0 Å². The standard InChI is InChI=1S/C12H14BrF2N/c13-6-9-3-4-16(7-9)8-10-1-2-11(14)5-12(10)15/h1-2,5,9H,3-4,6-8H2. The van der Waals surface area contributed by atoms with Crippen molar-refractivity contribution in [2.45, 2.75) is 13.0 Å². The number of benzene rings is 1. The van der Waals surface area contributed by atoms with Gasteiger partial charge in [0, 0.05) is 30.0 Å². The number of hydrogen-bond donors (Lipinski definition) is 0. The molecule has 0 spiro atoms. The van der Waals surface area contributed by atoms with Crippen molar-refractivity contribution in [1.82, 2.24) is 4.90 Å². The molecule has 1 saturated heterocycles. The SMILES string of the molecule is Fc1ccc(CN2CCC(CBr)C2)c(F)c1. The number of hydrogen-bond acceptors (Lipinski definition) is 1. The van der Waals surface area contributed by atoms with Gasteiger partial charge in [-0.15, -0.1) is 0 Å². The van der Waals surface area contributed by atoms with Gasteiger partial charge in [-0.05, 0) is 24.9 Å². The van der Waals surface area contributed by atoms with Gasteiger partial charge in [0.25, 0.3) is 0 Å². The van der Waals surface area contributed by atoms with Crippen LogP contribution in [-0.4, -0.2) is 23.3 Å². The molecule has 1 fully saturated rings. The first-order valence-corrected chi connectivity index (χ1v) is 6.53. The molecule has 1 aromatic carbocycles. The van der Waals surface area contributed by atoms with Crippen LogP contribution in [0.3, 0.4) is 0 Å². The average molecular weight is 290 g/mol. The van der Waals surface area contributed by atoms with Crippen LogP contribution in [0, 0.1) is 17.6 Å². The lowest BCUT2D eigenvalue weighted by atomic mass is 10.2. The first kappa shape index (κ1) is 12.0. The van der Waals surface area contributed by atoms with Gasteiger partial charge < -0.3 is 0 Å². The maximum Gasteiger partial charge on any atom is 0.130 e. The van der Waals surface area contributed by atoms with Gasteiger partial charge in [0.15, 0.2) is 0 Å². The quantitative estimate of drug-likeness (QED) is 0.773. The van der Waals surface area contributed by atoms with E-state index in [9.17, 15) is 8.78 Å². The Labute approximate surface area is 103 Å². The highest BCUT2D eigenvalue weighted by Gasteiger charge is 2.22. The average Bonchev–Trinajstić information content (AvgIpc) is 2.70. The fourth-order valence-electron chi connectivity index (χ4n) is 2.07. The van der Waals surface area contributed by atoms with Gasteiger partial charge in [0.05, 0.1) is 0 Å². The molecule has 0 bridgehead atoms. The molecule has 1 aromatic rings. The number of alkyl halides is 1. The molecule has 1 unspecified atom stereocenters. The third kappa shape index (κ3) is 2.80. The molecule has 0 aromatic heterocycles. The summed E-state index contributed by atoms with van der Waals surface area (Å²) < 4.78 is 26.1. The van der Waals surface area contributed by atoms with Gasteiger partial charge in [-0.1, -0.05) is 22.0 Å². The van der Waals surface area contributed by atoms with Crippen molar-refractivity contribution in [3.05, 3.63) is 35.4 Å².